The van der Waals surface area contributed by atoms with Gasteiger partial charge >= 0.3 is 5.97 Å². The van der Waals surface area contributed by atoms with Crippen LogP contribution in [0.15, 0.2) is 77.4 Å². The first-order valence-electron chi connectivity index (χ1n) is 9.95. The van der Waals surface area contributed by atoms with E-state index in [9.17, 15) is 9.18 Å². The molecule has 0 unspecified atom stereocenters. The van der Waals surface area contributed by atoms with E-state index in [1.807, 2.05) is 25.1 Å². The van der Waals surface area contributed by atoms with Crippen LogP contribution >= 0.6 is 11.6 Å². The molecule has 1 aliphatic heterocycles. The Morgan fingerprint density at radius 3 is 2.56 bits per heavy atom. The Kier molecular flexibility index (Phi) is 6.52. The molecule has 5 nitrogen and oxygen atoms in total. The van der Waals surface area contributed by atoms with Crippen molar-refractivity contribution in [2.75, 3.05) is 6.61 Å². The Balaban J connectivity index is 1.56. The van der Waals surface area contributed by atoms with Gasteiger partial charge in [0, 0.05) is 16.1 Å². The van der Waals surface area contributed by atoms with Crippen LogP contribution in [0.25, 0.3) is 6.08 Å². The van der Waals surface area contributed by atoms with E-state index < -0.39 is 5.97 Å². The first kappa shape index (κ1) is 21.6. The summed E-state index contributed by atoms with van der Waals surface area (Å²) in [5, 5.41) is 0.626. The van der Waals surface area contributed by atoms with Gasteiger partial charge in [-0.25, -0.2) is 14.2 Å². The number of aliphatic imine (C=N–C) groups is 1. The number of cyclic esters (lactones) is 1. The predicted molar refractivity (Wildman–Crippen MR) is 120 cm³/mol. The van der Waals surface area contributed by atoms with Crippen LogP contribution in [0.3, 0.4) is 0 Å². The molecule has 0 N–H and O–H groups in total. The van der Waals surface area contributed by atoms with E-state index in [4.69, 9.17) is 25.8 Å². The summed E-state index contributed by atoms with van der Waals surface area (Å²) < 4.78 is 30.0. The highest BCUT2D eigenvalue weighted by atomic mass is 35.5. The molecule has 4 rings (SSSR count). The Hall–Kier alpha value is -3.64. The SMILES string of the molecule is CCOc1cc(/C=C2\N=C(c3ccc(F)cc3)OC2=O)ccc1OCc1ccccc1Cl. The summed E-state index contributed by atoms with van der Waals surface area (Å²) in [6.07, 6.45) is 1.60. The van der Waals surface area contributed by atoms with Crippen LogP contribution in [-0.4, -0.2) is 18.5 Å². The lowest BCUT2D eigenvalue weighted by atomic mass is 10.1. The number of hydrogen-bond donors (Lipinski definition) is 0. The zero-order chi connectivity index (χ0) is 22.5. The molecule has 1 aliphatic rings. The fourth-order valence-electron chi connectivity index (χ4n) is 3.06. The predicted octanol–water partition coefficient (Wildman–Crippen LogP) is 5.80. The van der Waals surface area contributed by atoms with Crippen molar-refractivity contribution in [3.05, 3.63) is 100.0 Å². The van der Waals surface area contributed by atoms with Crippen molar-refractivity contribution in [3.8, 4) is 11.5 Å². The summed E-state index contributed by atoms with van der Waals surface area (Å²) in [4.78, 5) is 16.5. The topological polar surface area (TPSA) is 57.1 Å². The van der Waals surface area contributed by atoms with E-state index in [2.05, 4.69) is 4.99 Å². The summed E-state index contributed by atoms with van der Waals surface area (Å²) in [5.74, 6) is 0.253. The number of halogens is 2. The van der Waals surface area contributed by atoms with E-state index in [-0.39, 0.29) is 24.0 Å². The van der Waals surface area contributed by atoms with Gasteiger partial charge in [-0.2, -0.15) is 0 Å². The summed E-state index contributed by atoms with van der Waals surface area (Å²) in [6.45, 7) is 2.60. The second-order valence-corrected chi connectivity index (χ2v) is 7.27. The minimum Gasteiger partial charge on any atom is -0.490 e. The number of benzene rings is 3. The highest BCUT2D eigenvalue weighted by molar-refractivity contribution is 6.31. The first-order valence-corrected chi connectivity index (χ1v) is 10.3. The van der Waals surface area contributed by atoms with E-state index in [0.717, 1.165) is 5.56 Å². The molecule has 0 bridgehead atoms. The quantitative estimate of drug-likeness (QED) is 0.336. The molecule has 0 fully saturated rings. The number of rotatable bonds is 7. The van der Waals surface area contributed by atoms with E-state index in [0.29, 0.717) is 34.3 Å². The van der Waals surface area contributed by atoms with Gasteiger partial charge in [-0.15, -0.1) is 0 Å². The number of hydrogen-bond acceptors (Lipinski definition) is 5. The molecule has 162 valence electrons. The third kappa shape index (κ3) is 4.98. The fraction of sp³-hybridized carbons (Fsp3) is 0.120. The smallest absolute Gasteiger partial charge is 0.363 e. The molecule has 0 amide bonds. The maximum Gasteiger partial charge on any atom is 0.363 e. The number of esters is 1. The van der Waals surface area contributed by atoms with Crippen LogP contribution in [0.1, 0.15) is 23.6 Å². The lowest BCUT2D eigenvalue weighted by Gasteiger charge is -2.13. The minimum atomic E-state index is -0.582. The molecule has 0 radical (unpaired) electrons. The van der Waals surface area contributed by atoms with Crippen LogP contribution in [-0.2, 0) is 16.1 Å². The Labute approximate surface area is 189 Å². The molecule has 0 saturated heterocycles. The minimum absolute atomic E-state index is 0.131. The van der Waals surface area contributed by atoms with Gasteiger partial charge in [-0.05, 0) is 61.0 Å². The van der Waals surface area contributed by atoms with Crippen LogP contribution in [0.2, 0.25) is 5.02 Å². The van der Waals surface area contributed by atoms with Gasteiger partial charge in [0.1, 0.15) is 12.4 Å². The van der Waals surface area contributed by atoms with Gasteiger partial charge in [0.2, 0.25) is 5.90 Å². The van der Waals surface area contributed by atoms with Crippen molar-refractivity contribution in [2.45, 2.75) is 13.5 Å². The first-order chi connectivity index (χ1) is 15.5. The summed E-state index contributed by atoms with van der Waals surface area (Å²) >= 11 is 6.20. The average molecular weight is 452 g/mol. The summed E-state index contributed by atoms with van der Waals surface area (Å²) in [7, 11) is 0. The number of nitrogens with zero attached hydrogens (tertiary/aromatic N) is 1. The van der Waals surface area contributed by atoms with Gasteiger partial charge in [-0.1, -0.05) is 35.9 Å². The lowest BCUT2D eigenvalue weighted by molar-refractivity contribution is -0.129. The largest absolute Gasteiger partial charge is 0.490 e. The molecule has 0 saturated carbocycles. The highest BCUT2D eigenvalue weighted by Crippen LogP contribution is 2.31. The Bertz CT molecular complexity index is 1200. The van der Waals surface area contributed by atoms with Crippen LogP contribution in [0.5, 0.6) is 11.5 Å². The summed E-state index contributed by atoms with van der Waals surface area (Å²) in [6, 6.07) is 18.3. The highest BCUT2D eigenvalue weighted by Gasteiger charge is 2.24. The molecule has 3 aromatic carbocycles. The normalized spacial score (nSPS) is 14.3. The maximum atomic E-state index is 13.1. The van der Waals surface area contributed by atoms with Gasteiger partial charge in [-0.3, -0.25) is 0 Å². The fourth-order valence-corrected chi connectivity index (χ4v) is 3.25. The summed E-state index contributed by atoms with van der Waals surface area (Å²) in [5.41, 5.74) is 2.20. The van der Waals surface area contributed by atoms with Crippen molar-refractivity contribution in [1.82, 2.24) is 0 Å². The van der Waals surface area contributed by atoms with Crippen molar-refractivity contribution in [2.24, 2.45) is 4.99 Å². The molecule has 32 heavy (non-hydrogen) atoms. The molecule has 0 spiro atoms. The van der Waals surface area contributed by atoms with E-state index in [1.165, 1.54) is 24.3 Å². The van der Waals surface area contributed by atoms with Gasteiger partial charge in [0.05, 0.1) is 6.61 Å². The lowest BCUT2D eigenvalue weighted by Crippen LogP contribution is -2.05. The average Bonchev–Trinajstić information content (AvgIpc) is 3.15. The molecule has 3 aromatic rings. The Morgan fingerprint density at radius 2 is 1.81 bits per heavy atom. The Morgan fingerprint density at radius 1 is 1.03 bits per heavy atom. The van der Waals surface area contributed by atoms with Crippen molar-refractivity contribution < 1.29 is 23.4 Å². The monoisotopic (exact) mass is 451 g/mol. The van der Waals surface area contributed by atoms with Crippen molar-refractivity contribution in [1.29, 1.82) is 0 Å². The number of ether oxygens (including phenoxy) is 3. The van der Waals surface area contributed by atoms with Crippen LogP contribution < -0.4 is 9.47 Å². The third-order valence-corrected chi connectivity index (χ3v) is 4.99. The molecule has 7 heteroatoms. The van der Waals surface area contributed by atoms with Crippen molar-refractivity contribution in [3.63, 3.8) is 0 Å². The zero-order valence-corrected chi connectivity index (χ0v) is 17.9. The molecular formula is C25H19ClFNO4. The second kappa shape index (κ2) is 9.66. The second-order valence-electron chi connectivity index (χ2n) is 6.86. The number of carbonyl (C=O) groups excluding carboxylic acids is 1. The van der Waals surface area contributed by atoms with Crippen LogP contribution in [0.4, 0.5) is 4.39 Å². The molecular weight excluding hydrogens is 433 g/mol. The zero-order valence-electron chi connectivity index (χ0n) is 17.2. The van der Waals surface area contributed by atoms with Gasteiger partial charge in [0.15, 0.2) is 17.2 Å². The molecule has 1 heterocycles. The molecule has 0 aliphatic carbocycles. The van der Waals surface area contributed by atoms with E-state index >= 15 is 0 Å². The number of carbonyl (C=O) groups is 1. The molecule has 0 aromatic heterocycles. The maximum absolute atomic E-state index is 13.1. The standard InChI is InChI=1S/C25H19ClFNO4/c1-2-30-23-14-16(7-12-22(23)31-15-18-5-3-4-6-20(18)26)13-21-25(29)32-24(28-21)17-8-10-19(27)11-9-17/h3-14H,2,15H2,1H3/b21-13-. The van der Waals surface area contributed by atoms with E-state index in [1.54, 1.807) is 30.3 Å². The van der Waals surface area contributed by atoms with Gasteiger partial charge < -0.3 is 14.2 Å². The van der Waals surface area contributed by atoms with Crippen LogP contribution in [0, 0.1) is 5.82 Å². The molecule has 0 atom stereocenters. The van der Waals surface area contributed by atoms with Gasteiger partial charge in [0.25, 0.3) is 0 Å². The third-order valence-electron chi connectivity index (χ3n) is 4.62. The van der Waals surface area contributed by atoms with Crippen molar-refractivity contribution >= 4 is 29.5 Å².